The van der Waals surface area contributed by atoms with E-state index in [1.165, 1.54) is 25.7 Å². The van der Waals surface area contributed by atoms with Crippen molar-refractivity contribution >= 4 is 11.8 Å². The molecule has 1 aliphatic heterocycles. The molecule has 2 saturated carbocycles. The van der Waals surface area contributed by atoms with Gasteiger partial charge < -0.3 is 15.3 Å². The third kappa shape index (κ3) is 3.23. The number of aliphatic hydroxyl groups is 1. The molecule has 1 heterocycles. The van der Waals surface area contributed by atoms with Crippen LogP contribution in [0, 0.1) is 17.8 Å². The van der Waals surface area contributed by atoms with Crippen molar-refractivity contribution in [3.05, 3.63) is 0 Å². The number of hydrogen-bond donors (Lipinski definition) is 2. The van der Waals surface area contributed by atoms with Crippen LogP contribution in [-0.2, 0) is 9.59 Å². The summed E-state index contributed by atoms with van der Waals surface area (Å²) in [4.78, 5) is 26.4. The summed E-state index contributed by atoms with van der Waals surface area (Å²) in [5.41, 5.74) is 0. The molecule has 118 valence electrons. The number of likely N-dealkylation sites (tertiary alicyclic amines) is 1. The van der Waals surface area contributed by atoms with Gasteiger partial charge in [0.2, 0.25) is 11.8 Å². The Balaban J connectivity index is 1.62. The molecule has 0 aromatic carbocycles. The van der Waals surface area contributed by atoms with Crippen LogP contribution < -0.4 is 5.32 Å². The molecule has 0 radical (unpaired) electrons. The predicted octanol–water partition coefficient (Wildman–Crippen LogP) is 0.911. The van der Waals surface area contributed by atoms with E-state index in [9.17, 15) is 14.7 Å². The van der Waals surface area contributed by atoms with Crippen molar-refractivity contribution in [2.75, 3.05) is 13.1 Å². The van der Waals surface area contributed by atoms with E-state index in [1.54, 1.807) is 6.92 Å². The summed E-state index contributed by atoms with van der Waals surface area (Å²) in [5.74, 6) is 1.12. The van der Waals surface area contributed by atoms with Crippen molar-refractivity contribution in [3.63, 3.8) is 0 Å². The fourth-order valence-electron chi connectivity index (χ4n) is 3.79. The van der Waals surface area contributed by atoms with Crippen LogP contribution in [0.4, 0.5) is 0 Å². The van der Waals surface area contributed by atoms with Crippen LogP contribution in [-0.4, -0.2) is 47.1 Å². The van der Waals surface area contributed by atoms with Gasteiger partial charge in [-0.05, 0) is 44.4 Å². The van der Waals surface area contributed by atoms with Gasteiger partial charge in [-0.3, -0.25) is 9.59 Å². The first kappa shape index (κ1) is 14.8. The standard InChI is InChI=1S/C16H26N2O3/c1-10(19)14(17-15(20)11-6-7-11)16(21)18-8-12-4-2-3-5-13(12)9-18/h10-14,19H,2-9H2,1H3,(H,17,20). The number of amides is 2. The molecule has 0 bridgehead atoms. The van der Waals surface area contributed by atoms with E-state index in [0.29, 0.717) is 11.8 Å². The number of nitrogens with zero attached hydrogens (tertiary/aromatic N) is 1. The van der Waals surface area contributed by atoms with Crippen LogP contribution in [0.25, 0.3) is 0 Å². The van der Waals surface area contributed by atoms with Gasteiger partial charge >= 0.3 is 0 Å². The van der Waals surface area contributed by atoms with Crippen LogP contribution in [0.5, 0.6) is 0 Å². The molecule has 0 spiro atoms. The Hall–Kier alpha value is -1.10. The highest BCUT2D eigenvalue weighted by Crippen LogP contribution is 2.36. The zero-order valence-corrected chi connectivity index (χ0v) is 12.8. The van der Waals surface area contributed by atoms with Crippen molar-refractivity contribution < 1.29 is 14.7 Å². The van der Waals surface area contributed by atoms with Crippen LogP contribution in [0.15, 0.2) is 0 Å². The lowest BCUT2D eigenvalue weighted by Crippen LogP contribution is -2.53. The number of rotatable bonds is 4. The lowest BCUT2D eigenvalue weighted by molar-refractivity contribution is -0.139. The summed E-state index contributed by atoms with van der Waals surface area (Å²) < 4.78 is 0. The zero-order chi connectivity index (χ0) is 15.0. The third-order valence-corrected chi connectivity index (χ3v) is 5.28. The van der Waals surface area contributed by atoms with Crippen molar-refractivity contribution in [2.24, 2.45) is 17.8 Å². The molecule has 5 heteroatoms. The van der Waals surface area contributed by atoms with E-state index in [4.69, 9.17) is 0 Å². The minimum absolute atomic E-state index is 0.0557. The highest BCUT2D eigenvalue weighted by molar-refractivity contribution is 5.90. The van der Waals surface area contributed by atoms with Crippen LogP contribution in [0.1, 0.15) is 45.4 Å². The SMILES string of the molecule is CC(O)C(NC(=O)C1CC1)C(=O)N1CC2CCCCC2C1. The number of nitrogens with one attached hydrogen (secondary N) is 1. The summed E-state index contributed by atoms with van der Waals surface area (Å²) in [5, 5.41) is 12.6. The molecule has 1 saturated heterocycles. The Kier molecular flexibility index (Phi) is 4.20. The van der Waals surface area contributed by atoms with Crippen molar-refractivity contribution in [1.29, 1.82) is 0 Å². The van der Waals surface area contributed by atoms with E-state index >= 15 is 0 Å². The molecule has 4 atom stereocenters. The van der Waals surface area contributed by atoms with Gasteiger partial charge in [-0.1, -0.05) is 12.8 Å². The molecule has 2 aliphatic carbocycles. The fraction of sp³-hybridized carbons (Fsp3) is 0.875. The van der Waals surface area contributed by atoms with E-state index in [-0.39, 0.29) is 17.7 Å². The summed E-state index contributed by atoms with van der Waals surface area (Å²) in [7, 11) is 0. The molecule has 0 aromatic rings. The van der Waals surface area contributed by atoms with Crippen LogP contribution in [0.2, 0.25) is 0 Å². The maximum absolute atomic E-state index is 12.7. The average Bonchev–Trinajstić information content (AvgIpc) is 3.22. The first-order chi connectivity index (χ1) is 10.1. The average molecular weight is 294 g/mol. The second-order valence-corrected chi connectivity index (χ2v) is 7.05. The number of carbonyl (C=O) groups excluding carboxylic acids is 2. The minimum atomic E-state index is -0.845. The highest BCUT2D eigenvalue weighted by atomic mass is 16.3. The molecule has 21 heavy (non-hydrogen) atoms. The van der Waals surface area contributed by atoms with E-state index in [1.807, 2.05) is 4.90 Å². The second-order valence-electron chi connectivity index (χ2n) is 7.05. The Morgan fingerprint density at radius 3 is 2.14 bits per heavy atom. The monoisotopic (exact) mass is 294 g/mol. The lowest BCUT2D eigenvalue weighted by atomic mass is 9.82. The van der Waals surface area contributed by atoms with Crippen LogP contribution in [0.3, 0.4) is 0 Å². The summed E-state index contributed by atoms with van der Waals surface area (Å²) in [6, 6.07) is -0.779. The molecule has 4 unspecified atom stereocenters. The molecule has 2 N–H and O–H groups in total. The summed E-state index contributed by atoms with van der Waals surface area (Å²) in [6.07, 6.45) is 5.91. The normalized spacial score (nSPS) is 31.4. The van der Waals surface area contributed by atoms with Gasteiger partial charge in [0, 0.05) is 19.0 Å². The molecular formula is C16H26N2O3. The van der Waals surface area contributed by atoms with Gasteiger partial charge in [0.05, 0.1) is 6.10 Å². The van der Waals surface area contributed by atoms with Crippen molar-refractivity contribution in [2.45, 2.75) is 57.6 Å². The Labute approximate surface area is 126 Å². The maximum Gasteiger partial charge on any atom is 0.247 e. The minimum Gasteiger partial charge on any atom is -0.391 e. The Morgan fingerprint density at radius 2 is 1.67 bits per heavy atom. The fourth-order valence-corrected chi connectivity index (χ4v) is 3.79. The van der Waals surface area contributed by atoms with E-state index in [2.05, 4.69) is 5.32 Å². The number of fused-ring (bicyclic) bond motifs is 1. The smallest absolute Gasteiger partial charge is 0.247 e. The highest BCUT2D eigenvalue weighted by Gasteiger charge is 2.41. The summed E-state index contributed by atoms with van der Waals surface area (Å²) >= 11 is 0. The number of hydrogen-bond acceptors (Lipinski definition) is 3. The molecular weight excluding hydrogens is 268 g/mol. The molecule has 3 aliphatic rings. The third-order valence-electron chi connectivity index (χ3n) is 5.28. The Bertz CT molecular complexity index is 406. The molecule has 5 nitrogen and oxygen atoms in total. The lowest BCUT2D eigenvalue weighted by Gasteiger charge is -2.26. The van der Waals surface area contributed by atoms with Gasteiger partial charge in [0.15, 0.2) is 0 Å². The molecule has 3 rings (SSSR count). The molecule has 2 amide bonds. The van der Waals surface area contributed by atoms with Gasteiger partial charge in [0.25, 0.3) is 0 Å². The van der Waals surface area contributed by atoms with Crippen LogP contribution >= 0.6 is 0 Å². The van der Waals surface area contributed by atoms with Gasteiger partial charge in [0.1, 0.15) is 6.04 Å². The summed E-state index contributed by atoms with van der Waals surface area (Å²) in [6.45, 7) is 3.18. The van der Waals surface area contributed by atoms with Gasteiger partial charge in [-0.2, -0.15) is 0 Å². The first-order valence-electron chi connectivity index (χ1n) is 8.33. The maximum atomic E-state index is 12.7. The number of carbonyl (C=O) groups is 2. The Morgan fingerprint density at radius 1 is 1.10 bits per heavy atom. The predicted molar refractivity (Wildman–Crippen MR) is 78.4 cm³/mol. The topological polar surface area (TPSA) is 69.6 Å². The largest absolute Gasteiger partial charge is 0.391 e. The van der Waals surface area contributed by atoms with E-state index < -0.39 is 12.1 Å². The second kappa shape index (κ2) is 5.95. The van der Waals surface area contributed by atoms with E-state index in [0.717, 1.165) is 25.9 Å². The van der Waals surface area contributed by atoms with Crippen molar-refractivity contribution in [3.8, 4) is 0 Å². The zero-order valence-electron chi connectivity index (χ0n) is 12.8. The molecule has 0 aromatic heterocycles. The van der Waals surface area contributed by atoms with Crippen molar-refractivity contribution in [1.82, 2.24) is 10.2 Å². The van der Waals surface area contributed by atoms with Gasteiger partial charge in [-0.15, -0.1) is 0 Å². The number of aliphatic hydroxyl groups excluding tert-OH is 1. The quantitative estimate of drug-likeness (QED) is 0.810. The first-order valence-corrected chi connectivity index (χ1v) is 8.33. The van der Waals surface area contributed by atoms with Gasteiger partial charge in [-0.25, -0.2) is 0 Å². The molecule has 3 fully saturated rings.